The van der Waals surface area contributed by atoms with Crippen LogP contribution in [-0.4, -0.2) is 5.91 Å². The van der Waals surface area contributed by atoms with E-state index in [0.29, 0.717) is 10.6 Å². The Morgan fingerprint density at radius 2 is 1.62 bits per heavy atom. The number of benzene rings is 3. The maximum atomic E-state index is 12.7. The van der Waals surface area contributed by atoms with Crippen LogP contribution in [0.25, 0.3) is 0 Å². The van der Waals surface area contributed by atoms with Gasteiger partial charge in [0.05, 0.1) is 6.04 Å². The molecule has 0 heterocycles. The Hall–Kier alpha value is -2.58. The molecule has 3 rings (SSSR count). The molecule has 0 saturated heterocycles. The largest absolute Gasteiger partial charge is 0.341 e. The molecular weight excluding hydrogens is 318 g/mol. The second-order valence-electron chi connectivity index (χ2n) is 5.68. The van der Waals surface area contributed by atoms with Gasteiger partial charge in [0.2, 0.25) is 0 Å². The van der Waals surface area contributed by atoms with Crippen molar-refractivity contribution >= 4 is 17.5 Å². The number of hydrogen-bond acceptors (Lipinski definition) is 1. The lowest BCUT2D eigenvalue weighted by molar-refractivity contribution is 0.0943. The summed E-state index contributed by atoms with van der Waals surface area (Å²) < 4.78 is 0. The van der Waals surface area contributed by atoms with Gasteiger partial charge in [-0.3, -0.25) is 4.79 Å². The molecule has 0 aliphatic heterocycles. The molecule has 3 aromatic rings. The third kappa shape index (κ3) is 3.66. The molecule has 0 radical (unpaired) electrons. The van der Waals surface area contributed by atoms with E-state index in [4.69, 9.17) is 11.6 Å². The first-order valence-electron chi connectivity index (χ1n) is 7.82. The van der Waals surface area contributed by atoms with Gasteiger partial charge in [-0.15, -0.1) is 0 Å². The molecule has 2 nitrogen and oxygen atoms in total. The van der Waals surface area contributed by atoms with Crippen molar-refractivity contribution in [3.8, 4) is 0 Å². The van der Waals surface area contributed by atoms with Crippen LogP contribution < -0.4 is 5.32 Å². The molecule has 0 aliphatic carbocycles. The monoisotopic (exact) mass is 335 g/mol. The van der Waals surface area contributed by atoms with Crippen LogP contribution in [0.2, 0.25) is 5.02 Å². The number of aryl methyl sites for hydroxylation is 1. The van der Waals surface area contributed by atoms with Crippen LogP contribution in [0.4, 0.5) is 0 Å². The highest BCUT2D eigenvalue weighted by Crippen LogP contribution is 2.25. The molecular formula is C21H18ClNO. The van der Waals surface area contributed by atoms with E-state index in [1.54, 1.807) is 24.3 Å². The van der Waals surface area contributed by atoms with Gasteiger partial charge in [-0.25, -0.2) is 0 Å². The molecule has 3 heteroatoms. The minimum Gasteiger partial charge on any atom is -0.341 e. The number of rotatable bonds is 4. The van der Waals surface area contributed by atoms with Gasteiger partial charge in [0.25, 0.3) is 5.91 Å². The summed E-state index contributed by atoms with van der Waals surface area (Å²) in [7, 11) is 0. The molecule has 24 heavy (non-hydrogen) atoms. The molecule has 0 aliphatic rings. The summed E-state index contributed by atoms with van der Waals surface area (Å²) in [4.78, 5) is 12.7. The normalized spacial score (nSPS) is 11.8. The van der Waals surface area contributed by atoms with E-state index < -0.39 is 0 Å². The number of nitrogens with one attached hydrogen (secondary N) is 1. The molecule has 3 aromatic carbocycles. The SMILES string of the molecule is Cc1ccccc1[C@H](NC(=O)c1cccc(Cl)c1)c1ccccc1. The van der Waals surface area contributed by atoms with Crippen LogP contribution in [0, 0.1) is 6.92 Å². The van der Waals surface area contributed by atoms with Crippen molar-refractivity contribution in [3.63, 3.8) is 0 Å². The van der Waals surface area contributed by atoms with Crippen molar-refractivity contribution in [3.05, 3.63) is 106 Å². The average Bonchev–Trinajstić information content (AvgIpc) is 2.61. The Kier molecular flexibility index (Phi) is 4.97. The Labute approximate surface area is 147 Å². The average molecular weight is 336 g/mol. The van der Waals surface area contributed by atoms with Gasteiger partial charge >= 0.3 is 0 Å². The fraction of sp³-hybridized carbons (Fsp3) is 0.0952. The van der Waals surface area contributed by atoms with Crippen LogP contribution in [0.15, 0.2) is 78.9 Å². The molecule has 0 fully saturated rings. The van der Waals surface area contributed by atoms with Crippen molar-refractivity contribution in [2.75, 3.05) is 0 Å². The van der Waals surface area contributed by atoms with E-state index in [1.165, 1.54) is 0 Å². The summed E-state index contributed by atoms with van der Waals surface area (Å²) in [5, 5.41) is 3.69. The smallest absolute Gasteiger partial charge is 0.252 e. The minimum absolute atomic E-state index is 0.144. The lowest BCUT2D eigenvalue weighted by Gasteiger charge is -2.22. The van der Waals surface area contributed by atoms with Gasteiger partial charge < -0.3 is 5.32 Å². The van der Waals surface area contributed by atoms with Gasteiger partial charge in [0.15, 0.2) is 0 Å². The van der Waals surface area contributed by atoms with Crippen LogP contribution >= 0.6 is 11.6 Å². The summed E-state index contributed by atoms with van der Waals surface area (Å²) >= 11 is 6.00. The zero-order chi connectivity index (χ0) is 16.9. The van der Waals surface area contributed by atoms with E-state index in [9.17, 15) is 4.79 Å². The van der Waals surface area contributed by atoms with Crippen molar-refractivity contribution < 1.29 is 4.79 Å². The molecule has 1 N–H and O–H groups in total. The van der Waals surface area contributed by atoms with E-state index >= 15 is 0 Å². The lowest BCUT2D eigenvalue weighted by Crippen LogP contribution is -2.29. The maximum Gasteiger partial charge on any atom is 0.252 e. The zero-order valence-corrected chi connectivity index (χ0v) is 14.1. The third-order valence-corrected chi connectivity index (χ3v) is 4.23. The van der Waals surface area contributed by atoms with Crippen LogP contribution in [0.5, 0.6) is 0 Å². The maximum absolute atomic E-state index is 12.7. The van der Waals surface area contributed by atoms with Gasteiger partial charge in [0.1, 0.15) is 0 Å². The quantitative estimate of drug-likeness (QED) is 0.700. The summed E-state index contributed by atoms with van der Waals surface area (Å²) in [6.07, 6.45) is 0. The summed E-state index contributed by atoms with van der Waals surface area (Å²) in [6, 6.07) is 24.8. The Morgan fingerprint density at radius 1 is 0.917 bits per heavy atom. The first kappa shape index (κ1) is 16.3. The molecule has 0 unspecified atom stereocenters. The third-order valence-electron chi connectivity index (χ3n) is 3.99. The molecule has 1 amide bonds. The van der Waals surface area contributed by atoms with E-state index in [-0.39, 0.29) is 11.9 Å². The van der Waals surface area contributed by atoms with E-state index in [1.807, 2.05) is 48.5 Å². The summed E-state index contributed by atoms with van der Waals surface area (Å²) in [5.74, 6) is -0.144. The van der Waals surface area contributed by atoms with Crippen molar-refractivity contribution in [1.82, 2.24) is 5.32 Å². The number of amides is 1. The molecule has 0 bridgehead atoms. The molecule has 0 saturated carbocycles. The molecule has 0 aromatic heterocycles. The molecule has 120 valence electrons. The fourth-order valence-electron chi connectivity index (χ4n) is 2.74. The minimum atomic E-state index is -0.209. The molecule has 0 spiro atoms. The highest BCUT2D eigenvalue weighted by molar-refractivity contribution is 6.30. The van der Waals surface area contributed by atoms with Gasteiger partial charge in [-0.1, -0.05) is 72.3 Å². The van der Waals surface area contributed by atoms with Gasteiger partial charge in [0, 0.05) is 10.6 Å². The first-order valence-corrected chi connectivity index (χ1v) is 8.20. The number of hydrogen-bond donors (Lipinski definition) is 1. The predicted molar refractivity (Wildman–Crippen MR) is 98.4 cm³/mol. The standard InChI is InChI=1S/C21H18ClNO/c1-15-8-5-6-13-19(15)20(16-9-3-2-4-10-16)23-21(24)17-11-7-12-18(22)14-17/h2-14,20H,1H3,(H,23,24)/t20-/m1/s1. The zero-order valence-electron chi connectivity index (χ0n) is 13.4. The van der Waals surface area contributed by atoms with Gasteiger partial charge in [-0.05, 0) is 41.8 Å². The number of halogens is 1. The summed E-state index contributed by atoms with van der Waals surface area (Å²) in [5.41, 5.74) is 3.82. The van der Waals surface area contributed by atoms with E-state index in [0.717, 1.165) is 16.7 Å². The van der Waals surface area contributed by atoms with Crippen LogP contribution in [-0.2, 0) is 0 Å². The lowest BCUT2D eigenvalue weighted by atomic mass is 9.94. The number of carbonyl (C=O) groups excluding carboxylic acids is 1. The highest BCUT2D eigenvalue weighted by atomic mass is 35.5. The van der Waals surface area contributed by atoms with Crippen LogP contribution in [0.3, 0.4) is 0 Å². The number of carbonyl (C=O) groups is 1. The second-order valence-corrected chi connectivity index (χ2v) is 6.12. The fourth-order valence-corrected chi connectivity index (χ4v) is 2.93. The first-order chi connectivity index (χ1) is 11.6. The predicted octanol–water partition coefficient (Wildman–Crippen LogP) is 5.17. The Bertz CT molecular complexity index is 845. The van der Waals surface area contributed by atoms with E-state index in [2.05, 4.69) is 18.3 Å². The second kappa shape index (κ2) is 7.33. The Balaban J connectivity index is 1.97. The van der Waals surface area contributed by atoms with Crippen molar-refractivity contribution in [1.29, 1.82) is 0 Å². The van der Waals surface area contributed by atoms with Gasteiger partial charge in [-0.2, -0.15) is 0 Å². The highest BCUT2D eigenvalue weighted by Gasteiger charge is 2.19. The Morgan fingerprint density at radius 3 is 2.33 bits per heavy atom. The topological polar surface area (TPSA) is 29.1 Å². The van der Waals surface area contributed by atoms with Crippen molar-refractivity contribution in [2.45, 2.75) is 13.0 Å². The molecule has 1 atom stereocenters. The summed E-state index contributed by atoms with van der Waals surface area (Å²) in [6.45, 7) is 2.05. The van der Waals surface area contributed by atoms with Crippen LogP contribution in [0.1, 0.15) is 33.1 Å². The van der Waals surface area contributed by atoms with Crippen molar-refractivity contribution in [2.24, 2.45) is 0 Å².